The highest BCUT2D eigenvalue weighted by molar-refractivity contribution is 5.51. The topological polar surface area (TPSA) is 21.3 Å². The van der Waals surface area contributed by atoms with Crippen LogP contribution in [-0.2, 0) is 11.2 Å². The van der Waals surface area contributed by atoms with Gasteiger partial charge in [-0.15, -0.1) is 0 Å². The number of benzene rings is 1. The first kappa shape index (κ1) is 13.4. The molecule has 0 heterocycles. The number of anilines is 1. The highest BCUT2D eigenvalue weighted by atomic mass is 16.5. The number of para-hydroxylation sites is 1. The van der Waals surface area contributed by atoms with Gasteiger partial charge in [-0.2, -0.15) is 0 Å². The molecule has 1 N–H and O–H groups in total. The van der Waals surface area contributed by atoms with Crippen LogP contribution in [0.2, 0.25) is 0 Å². The Morgan fingerprint density at radius 3 is 2.78 bits per heavy atom. The fourth-order valence-electron chi connectivity index (χ4n) is 2.64. The largest absolute Gasteiger partial charge is 0.384 e. The Morgan fingerprint density at radius 1 is 1.33 bits per heavy atom. The molecule has 2 rings (SSSR count). The molecule has 1 aliphatic rings. The van der Waals surface area contributed by atoms with E-state index in [0.717, 1.165) is 18.9 Å². The smallest absolute Gasteiger partial charge is 0.0503 e. The lowest BCUT2D eigenvalue weighted by molar-refractivity contribution is 0.202. The lowest BCUT2D eigenvalue weighted by atomic mass is 9.81. The molecule has 1 fully saturated rings. The monoisotopic (exact) mass is 247 g/mol. The van der Waals surface area contributed by atoms with Gasteiger partial charge >= 0.3 is 0 Å². The van der Waals surface area contributed by atoms with Crippen LogP contribution in [0.25, 0.3) is 0 Å². The summed E-state index contributed by atoms with van der Waals surface area (Å²) in [4.78, 5) is 0. The predicted molar refractivity (Wildman–Crippen MR) is 77.1 cm³/mol. The second-order valence-electron chi connectivity index (χ2n) is 5.48. The molecule has 0 radical (unpaired) electrons. The zero-order chi connectivity index (χ0) is 12.8. The molecule has 0 bridgehead atoms. The minimum atomic E-state index is 0.569. The zero-order valence-corrected chi connectivity index (χ0v) is 11.6. The van der Waals surface area contributed by atoms with Gasteiger partial charge in [-0.25, -0.2) is 0 Å². The Bertz CT molecular complexity index is 360. The van der Waals surface area contributed by atoms with Gasteiger partial charge in [0.05, 0.1) is 6.61 Å². The maximum Gasteiger partial charge on any atom is 0.0503 e. The molecule has 1 saturated carbocycles. The van der Waals surface area contributed by atoms with E-state index >= 15 is 0 Å². The second kappa shape index (κ2) is 6.79. The van der Waals surface area contributed by atoms with Crippen molar-refractivity contribution in [3.63, 3.8) is 0 Å². The molecular weight excluding hydrogens is 222 g/mol. The predicted octanol–water partition coefficient (Wildman–Crippen LogP) is 3.87. The van der Waals surface area contributed by atoms with Crippen molar-refractivity contribution in [1.29, 1.82) is 0 Å². The van der Waals surface area contributed by atoms with Crippen molar-refractivity contribution < 1.29 is 4.74 Å². The van der Waals surface area contributed by atoms with E-state index in [-0.39, 0.29) is 0 Å². The van der Waals surface area contributed by atoms with E-state index in [0.29, 0.717) is 6.04 Å². The maximum absolute atomic E-state index is 5.17. The number of hydrogen-bond donors (Lipinski definition) is 1. The van der Waals surface area contributed by atoms with Gasteiger partial charge < -0.3 is 10.1 Å². The van der Waals surface area contributed by atoms with Crippen molar-refractivity contribution in [3.8, 4) is 0 Å². The Balaban J connectivity index is 1.89. The van der Waals surface area contributed by atoms with E-state index in [1.165, 1.54) is 36.9 Å². The Kier molecular flexibility index (Phi) is 5.06. The SMILES string of the molecule is COCCc1ccccc1NC(C)CC1CCC1. The van der Waals surface area contributed by atoms with E-state index in [4.69, 9.17) is 4.74 Å². The quantitative estimate of drug-likeness (QED) is 0.790. The summed E-state index contributed by atoms with van der Waals surface area (Å²) in [6.45, 7) is 3.08. The Hall–Kier alpha value is -1.02. The summed E-state index contributed by atoms with van der Waals surface area (Å²) in [6, 6.07) is 9.15. The fourth-order valence-corrected chi connectivity index (χ4v) is 2.64. The van der Waals surface area contributed by atoms with Gasteiger partial charge in [0.1, 0.15) is 0 Å². The van der Waals surface area contributed by atoms with Crippen molar-refractivity contribution in [3.05, 3.63) is 29.8 Å². The van der Waals surface area contributed by atoms with Crippen LogP contribution in [0.3, 0.4) is 0 Å². The summed E-state index contributed by atoms with van der Waals surface area (Å²) < 4.78 is 5.17. The number of hydrogen-bond acceptors (Lipinski definition) is 2. The number of ether oxygens (including phenoxy) is 1. The summed E-state index contributed by atoms with van der Waals surface area (Å²) >= 11 is 0. The zero-order valence-electron chi connectivity index (χ0n) is 11.6. The summed E-state index contributed by atoms with van der Waals surface area (Å²) in [5, 5.41) is 3.66. The second-order valence-corrected chi connectivity index (χ2v) is 5.48. The van der Waals surface area contributed by atoms with Gasteiger partial charge in [0.2, 0.25) is 0 Å². The van der Waals surface area contributed by atoms with Crippen molar-refractivity contribution >= 4 is 5.69 Å². The first-order valence-electron chi connectivity index (χ1n) is 7.13. The van der Waals surface area contributed by atoms with Crippen LogP contribution < -0.4 is 5.32 Å². The lowest BCUT2D eigenvalue weighted by Gasteiger charge is -2.29. The summed E-state index contributed by atoms with van der Waals surface area (Å²) in [5.41, 5.74) is 2.64. The van der Waals surface area contributed by atoms with Gasteiger partial charge in [-0.05, 0) is 37.3 Å². The number of nitrogens with one attached hydrogen (secondary N) is 1. The highest BCUT2D eigenvalue weighted by Crippen LogP contribution is 2.31. The molecule has 0 saturated heterocycles. The first-order valence-corrected chi connectivity index (χ1v) is 7.13. The average molecular weight is 247 g/mol. The molecule has 1 aromatic carbocycles. The van der Waals surface area contributed by atoms with Gasteiger partial charge in [-0.3, -0.25) is 0 Å². The molecule has 1 unspecified atom stereocenters. The highest BCUT2D eigenvalue weighted by Gasteiger charge is 2.20. The van der Waals surface area contributed by atoms with Gasteiger partial charge in [0.15, 0.2) is 0 Å². The van der Waals surface area contributed by atoms with Crippen LogP contribution in [0.4, 0.5) is 5.69 Å². The third-order valence-electron chi connectivity index (χ3n) is 3.91. The Labute approximate surface area is 111 Å². The number of methoxy groups -OCH3 is 1. The molecule has 1 aromatic rings. The first-order chi connectivity index (χ1) is 8.79. The molecule has 2 heteroatoms. The third-order valence-corrected chi connectivity index (χ3v) is 3.91. The normalized spacial score (nSPS) is 17.2. The van der Waals surface area contributed by atoms with Crippen LogP contribution in [0.15, 0.2) is 24.3 Å². The molecule has 0 aliphatic heterocycles. The molecule has 1 aliphatic carbocycles. The van der Waals surface area contributed by atoms with E-state index < -0.39 is 0 Å². The molecular formula is C16H25NO. The van der Waals surface area contributed by atoms with Crippen LogP contribution in [0.5, 0.6) is 0 Å². The summed E-state index contributed by atoms with van der Waals surface area (Å²) in [7, 11) is 1.76. The fraction of sp³-hybridized carbons (Fsp3) is 0.625. The van der Waals surface area contributed by atoms with Crippen molar-refractivity contribution in [2.45, 2.75) is 45.1 Å². The Morgan fingerprint density at radius 2 is 2.11 bits per heavy atom. The molecule has 18 heavy (non-hydrogen) atoms. The third kappa shape index (κ3) is 3.74. The van der Waals surface area contributed by atoms with Crippen LogP contribution in [0, 0.1) is 5.92 Å². The van der Waals surface area contributed by atoms with E-state index in [2.05, 4.69) is 36.5 Å². The van der Waals surface area contributed by atoms with Crippen molar-refractivity contribution in [1.82, 2.24) is 0 Å². The maximum atomic E-state index is 5.17. The van der Waals surface area contributed by atoms with Gasteiger partial charge in [-0.1, -0.05) is 37.5 Å². The minimum Gasteiger partial charge on any atom is -0.384 e. The average Bonchev–Trinajstić information content (AvgIpc) is 2.33. The molecule has 0 spiro atoms. The van der Waals surface area contributed by atoms with E-state index in [1.807, 2.05) is 0 Å². The number of rotatable bonds is 7. The molecule has 100 valence electrons. The van der Waals surface area contributed by atoms with Gasteiger partial charge in [0, 0.05) is 18.8 Å². The van der Waals surface area contributed by atoms with E-state index in [1.54, 1.807) is 7.11 Å². The lowest BCUT2D eigenvalue weighted by Crippen LogP contribution is -2.23. The van der Waals surface area contributed by atoms with Crippen LogP contribution in [-0.4, -0.2) is 19.8 Å². The van der Waals surface area contributed by atoms with Crippen LogP contribution in [0.1, 0.15) is 38.2 Å². The molecule has 0 aromatic heterocycles. The minimum absolute atomic E-state index is 0.569. The van der Waals surface area contributed by atoms with Gasteiger partial charge in [0.25, 0.3) is 0 Å². The summed E-state index contributed by atoms with van der Waals surface area (Å²) in [6.07, 6.45) is 6.57. The standard InChI is InChI=1S/C16H25NO/c1-13(12-14-6-5-7-14)17-16-9-4-3-8-15(16)10-11-18-2/h3-4,8-9,13-14,17H,5-7,10-12H2,1-2H3. The molecule has 1 atom stereocenters. The molecule has 2 nitrogen and oxygen atoms in total. The van der Waals surface area contributed by atoms with Crippen LogP contribution >= 0.6 is 0 Å². The van der Waals surface area contributed by atoms with E-state index in [9.17, 15) is 0 Å². The summed E-state index contributed by atoms with van der Waals surface area (Å²) in [5.74, 6) is 0.957. The van der Waals surface area contributed by atoms with Crippen molar-refractivity contribution in [2.75, 3.05) is 19.0 Å². The molecule has 0 amide bonds. The van der Waals surface area contributed by atoms with Crippen molar-refractivity contribution in [2.24, 2.45) is 5.92 Å².